The van der Waals surface area contributed by atoms with E-state index in [0.29, 0.717) is 31.8 Å². The summed E-state index contributed by atoms with van der Waals surface area (Å²) >= 11 is 0. The number of hydrogen-bond donors (Lipinski definition) is 2. The number of benzene rings is 1. The lowest BCUT2D eigenvalue weighted by Gasteiger charge is -2.32. The van der Waals surface area contributed by atoms with Crippen LogP contribution in [0, 0.1) is 0 Å². The Balaban J connectivity index is 1.79. The third-order valence-corrected chi connectivity index (χ3v) is 3.44. The van der Waals surface area contributed by atoms with Crippen molar-refractivity contribution in [3.63, 3.8) is 0 Å². The minimum atomic E-state index is -0.861. The van der Waals surface area contributed by atoms with Gasteiger partial charge in [-0.25, -0.2) is 0 Å². The van der Waals surface area contributed by atoms with E-state index >= 15 is 0 Å². The van der Waals surface area contributed by atoms with Gasteiger partial charge in [-0.1, -0.05) is 18.2 Å². The zero-order valence-electron chi connectivity index (χ0n) is 11.7. The molecule has 0 spiro atoms. The molecule has 0 radical (unpaired) electrons. The van der Waals surface area contributed by atoms with Gasteiger partial charge in [-0.15, -0.1) is 0 Å². The summed E-state index contributed by atoms with van der Waals surface area (Å²) in [7, 11) is 0. The van der Waals surface area contributed by atoms with Crippen LogP contribution < -0.4 is 10.1 Å². The van der Waals surface area contributed by atoms with E-state index in [2.05, 4.69) is 5.32 Å². The van der Waals surface area contributed by atoms with E-state index in [4.69, 9.17) is 9.47 Å². The highest BCUT2D eigenvalue weighted by molar-refractivity contribution is 5.80. The highest BCUT2D eigenvalue weighted by Gasteiger charge is 2.30. The Labute approximate surface area is 118 Å². The smallest absolute Gasteiger partial charge is 0.260 e. The molecule has 1 saturated heterocycles. The first kappa shape index (κ1) is 14.8. The third-order valence-electron chi connectivity index (χ3n) is 3.44. The van der Waals surface area contributed by atoms with Crippen molar-refractivity contribution in [1.82, 2.24) is 5.32 Å². The fourth-order valence-corrected chi connectivity index (χ4v) is 2.08. The molecule has 1 amide bonds. The topological polar surface area (TPSA) is 67.8 Å². The summed E-state index contributed by atoms with van der Waals surface area (Å²) < 4.78 is 10.7. The maximum Gasteiger partial charge on any atom is 0.260 e. The van der Waals surface area contributed by atoms with Gasteiger partial charge in [0.05, 0.1) is 5.60 Å². The molecule has 1 fully saturated rings. The molecule has 5 heteroatoms. The number of aliphatic hydroxyl groups is 1. The molecule has 1 heterocycles. The third kappa shape index (κ3) is 4.21. The molecule has 5 nitrogen and oxygen atoms in total. The molecule has 20 heavy (non-hydrogen) atoms. The van der Waals surface area contributed by atoms with Gasteiger partial charge in [0.15, 0.2) is 6.10 Å². The highest BCUT2D eigenvalue weighted by atomic mass is 16.5. The maximum atomic E-state index is 12.0. The van der Waals surface area contributed by atoms with E-state index < -0.39 is 11.7 Å². The fourth-order valence-electron chi connectivity index (χ4n) is 2.08. The van der Waals surface area contributed by atoms with Crippen LogP contribution in [-0.2, 0) is 9.53 Å². The standard InChI is InChI=1S/C15H21NO4/c1-12(20-13-5-3-2-4-6-13)14(17)16-11-15(18)7-9-19-10-8-15/h2-6,12,18H,7-11H2,1H3,(H,16,17)/t12-/m1/s1. The van der Waals surface area contributed by atoms with Crippen LogP contribution in [0.1, 0.15) is 19.8 Å². The normalized spacial score (nSPS) is 19.1. The van der Waals surface area contributed by atoms with Crippen molar-refractivity contribution in [3.05, 3.63) is 30.3 Å². The van der Waals surface area contributed by atoms with Gasteiger partial charge >= 0.3 is 0 Å². The Bertz CT molecular complexity index is 429. The van der Waals surface area contributed by atoms with Crippen LogP contribution in [0.25, 0.3) is 0 Å². The quantitative estimate of drug-likeness (QED) is 0.847. The van der Waals surface area contributed by atoms with E-state index in [1.165, 1.54) is 0 Å². The van der Waals surface area contributed by atoms with Crippen molar-refractivity contribution in [3.8, 4) is 5.75 Å². The van der Waals surface area contributed by atoms with Crippen LogP contribution in [0.2, 0.25) is 0 Å². The van der Waals surface area contributed by atoms with Crippen molar-refractivity contribution in [2.45, 2.75) is 31.5 Å². The predicted molar refractivity (Wildman–Crippen MR) is 74.5 cm³/mol. The summed E-state index contributed by atoms with van der Waals surface area (Å²) in [4.78, 5) is 12.0. The number of para-hydroxylation sites is 1. The Hall–Kier alpha value is -1.59. The second-order valence-electron chi connectivity index (χ2n) is 5.13. The molecule has 0 unspecified atom stereocenters. The van der Waals surface area contributed by atoms with E-state index in [-0.39, 0.29) is 12.5 Å². The van der Waals surface area contributed by atoms with Crippen molar-refractivity contribution >= 4 is 5.91 Å². The summed E-state index contributed by atoms with van der Waals surface area (Å²) in [6.07, 6.45) is 0.489. The molecular formula is C15H21NO4. The van der Waals surface area contributed by atoms with Gasteiger partial charge in [0.25, 0.3) is 5.91 Å². The van der Waals surface area contributed by atoms with Crippen molar-refractivity contribution in [2.24, 2.45) is 0 Å². The van der Waals surface area contributed by atoms with Crippen LogP contribution in [0.4, 0.5) is 0 Å². The highest BCUT2D eigenvalue weighted by Crippen LogP contribution is 2.19. The number of rotatable bonds is 5. The van der Waals surface area contributed by atoms with Gasteiger partial charge in [0.2, 0.25) is 0 Å². The average Bonchev–Trinajstić information content (AvgIpc) is 2.46. The summed E-state index contributed by atoms with van der Waals surface area (Å²) in [5, 5.41) is 13.0. The van der Waals surface area contributed by atoms with Crippen molar-refractivity contribution < 1.29 is 19.4 Å². The number of amides is 1. The van der Waals surface area contributed by atoms with Crippen LogP contribution >= 0.6 is 0 Å². The van der Waals surface area contributed by atoms with E-state index in [0.717, 1.165) is 0 Å². The Morgan fingerprint density at radius 1 is 1.40 bits per heavy atom. The molecule has 0 aliphatic carbocycles. The van der Waals surface area contributed by atoms with Crippen LogP contribution in [-0.4, -0.2) is 42.5 Å². The summed E-state index contributed by atoms with van der Waals surface area (Å²) in [6.45, 7) is 2.99. The Kier molecular flexibility index (Phi) is 4.98. The first-order chi connectivity index (χ1) is 9.59. The Morgan fingerprint density at radius 2 is 2.05 bits per heavy atom. The largest absolute Gasteiger partial charge is 0.481 e. The van der Waals surface area contributed by atoms with E-state index in [1.54, 1.807) is 19.1 Å². The van der Waals surface area contributed by atoms with Gasteiger partial charge in [-0.3, -0.25) is 4.79 Å². The van der Waals surface area contributed by atoms with Gasteiger partial charge < -0.3 is 19.9 Å². The van der Waals surface area contributed by atoms with E-state index in [1.807, 2.05) is 18.2 Å². The number of carbonyl (C=O) groups is 1. The zero-order valence-corrected chi connectivity index (χ0v) is 11.7. The molecule has 110 valence electrons. The minimum absolute atomic E-state index is 0.228. The number of ether oxygens (including phenoxy) is 2. The predicted octanol–water partition coefficient (Wildman–Crippen LogP) is 1.11. The molecule has 1 atom stereocenters. The first-order valence-corrected chi connectivity index (χ1v) is 6.89. The van der Waals surface area contributed by atoms with Crippen LogP contribution in [0.15, 0.2) is 30.3 Å². The fraction of sp³-hybridized carbons (Fsp3) is 0.533. The molecule has 0 bridgehead atoms. The van der Waals surface area contributed by atoms with Crippen LogP contribution in [0.5, 0.6) is 5.75 Å². The number of carbonyl (C=O) groups excluding carboxylic acids is 1. The minimum Gasteiger partial charge on any atom is -0.481 e. The lowest BCUT2D eigenvalue weighted by Crippen LogP contribution is -2.49. The maximum absolute atomic E-state index is 12.0. The SMILES string of the molecule is C[C@@H](Oc1ccccc1)C(=O)NCC1(O)CCOCC1. The van der Waals surface area contributed by atoms with Gasteiger partial charge in [-0.2, -0.15) is 0 Å². The molecule has 1 aliphatic rings. The first-order valence-electron chi connectivity index (χ1n) is 6.89. The molecule has 0 saturated carbocycles. The zero-order chi connectivity index (χ0) is 14.4. The Morgan fingerprint density at radius 3 is 2.70 bits per heavy atom. The van der Waals surface area contributed by atoms with Crippen molar-refractivity contribution in [1.29, 1.82) is 0 Å². The van der Waals surface area contributed by atoms with Crippen molar-refractivity contribution in [2.75, 3.05) is 19.8 Å². The summed E-state index contributed by atoms with van der Waals surface area (Å²) in [5.41, 5.74) is -0.861. The average molecular weight is 279 g/mol. The second kappa shape index (κ2) is 6.72. The van der Waals surface area contributed by atoms with E-state index in [9.17, 15) is 9.90 Å². The van der Waals surface area contributed by atoms with Gasteiger partial charge in [0, 0.05) is 32.6 Å². The molecular weight excluding hydrogens is 258 g/mol. The molecule has 2 N–H and O–H groups in total. The molecule has 1 aliphatic heterocycles. The van der Waals surface area contributed by atoms with Crippen LogP contribution in [0.3, 0.4) is 0 Å². The number of nitrogens with one attached hydrogen (secondary N) is 1. The molecule has 1 aromatic rings. The molecule has 2 rings (SSSR count). The summed E-state index contributed by atoms with van der Waals surface area (Å²) in [5.74, 6) is 0.425. The second-order valence-corrected chi connectivity index (χ2v) is 5.13. The number of hydrogen-bond acceptors (Lipinski definition) is 4. The van der Waals surface area contributed by atoms with Gasteiger partial charge in [-0.05, 0) is 19.1 Å². The molecule has 1 aromatic carbocycles. The lowest BCUT2D eigenvalue weighted by atomic mass is 9.94. The molecule has 0 aromatic heterocycles. The van der Waals surface area contributed by atoms with Gasteiger partial charge in [0.1, 0.15) is 5.75 Å². The summed E-state index contributed by atoms with van der Waals surface area (Å²) in [6, 6.07) is 9.19. The lowest BCUT2D eigenvalue weighted by molar-refractivity contribution is -0.130. The monoisotopic (exact) mass is 279 g/mol.